The smallest absolute Gasteiger partial charge is 0.280 e. The van der Waals surface area contributed by atoms with Crippen LogP contribution in [0, 0.1) is 6.92 Å². The molecule has 0 spiro atoms. The Morgan fingerprint density at radius 3 is 2.86 bits per heavy atom. The van der Waals surface area contributed by atoms with Gasteiger partial charge >= 0.3 is 0 Å². The Labute approximate surface area is 168 Å². The Morgan fingerprint density at radius 2 is 2.03 bits per heavy atom. The lowest BCUT2D eigenvalue weighted by molar-refractivity contribution is 0.110. The standard InChI is InChI=1S/C20H20N6O3/c1-12-3-5-13(6-4-12)15-7-14(9-28-15)18-23-16(29-24-18)8-26-11-22-19-17(20(26)27)25(2)10-21-19/h3-6,10-11,14-15H,7-9H2,1-2H3/t14-,15+/m0/s1/i10D,11D. The maximum atomic E-state index is 12.8. The van der Waals surface area contributed by atoms with Crippen LogP contribution in [0.4, 0.5) is 0 Å². The molecular formula is C20H20N6O3. The second-order valence-corrected chi connectivity index (χ2v) is 7.26. The molecule has 2 atom stereocenters. The summed E-state index contributed by atoms with van der Waals surface area (Å²) in [7, 11) is 1.56. The molecule has 0 N–H and O–H groups in total. The van der Waals surface area contributed by atoms with Crippen LogP contribution in [-0.4, -0.2) is 35.8 Å². The summed E-state index contributed by atoms with van der Waals surface area (Å²) in [5.74, 6) is 0.713. The van der Waals surface area contributed by atoms with E-state index in [0.717, 1.165) is 16.6 Å². The summed E-state index contributed by atoms with van der Waals surface area (Å²) in [6.07, 6.45) is 0.339. The number of ether oxygens (including phenoxy) is 1. The van der Waals surface area contributed by atoms with E-state index in [1.165, 1.54) is 10.1 Å². The van der Waals surface area contributed by atoms with Gasteiger partial charge in [-0.1, -0.05) is 35.0 Å². The lowest BCUT2D eigenvalue weighted by atomic mass is 9.99. The Bertz CT molecular complexity index is 1330. The van der Waals surface area contributed by atoms with Crippen molar-refractivity contribution in [1.82, 2.24) is 29.2 Å². The number of imidazole rings is 1. The van der Waals surface area contributed by atoms with Gasteiger partial charge < -0.3 is 13.8 Å². The first-order chi connectivity index (χ1) is 14.9. The third-order valence-corrected chi connectivity index (χ3v) is 5.17. The van der Waals surface area contributed by atoms with E-state index in [1.807, 2.05) is 6.92 Å². The molecule has 29 heavy (non-hydrogen) atoms. The average Bonchev–Trinajstić information content (AvgIpc) is 3.46. The van der Waals surface area contributed by atoms with Crippen LogP contribution in [0.25, 0.3) is 11.2 Å². The largest absolute Gasteiger partial charge is 0.373 e. The van der Waals surface area contributed by atoms with Crippen LogP contribution in [0.1, 0.15) is 44.0 Å². The summed E-state index contributed by atoms with van der Waals surface area (Å²) >= 11 is 0. The maximum absolute atomic E-state index is 12.8. The molecule has 9 nitrogen and oxygen atoms in total. The molecule has 5 rings (SSSR count). The van der Waals surface area contributed by atoms with Gasteiger partial charge in [-0.05, 0) is 18.9 Å². The highest BCUT2D eigenvalue weighted by Gasteiger charge is 2.31. The van der Waals surface area contributed by atoms with E-state index in [9.17, 15) is 4.79 Å². The van der Waals surface area contributed by atoms with Gasteiger partial charge in [-0.25, -0.2) is 9.97 Å². The molecule has 0 amide bonds. The van der Waals surface area contributed by atoms with E-state index < -0.39 is 5.56 Å². The quantitative estimate of drug-likeness (QED) is 0.522. The zero-order valence-electron chi connectivity index (χ0n) is 18.0. The number of nitrogens with zero attached hydrogens (tertiary/aromatic N) is 6. The third kappa shape index (κ3) is 3.23. The fraction of sp³-hybridized carbons (Fsp3) is 0.350. The summed E-state index contributed by atoms with van der Waals surface area (Å²) < 4.78 is 29.5. The van der Waals surface area contributed by atoms with E-state index in [1.54, 1.807) is 7.05 Å². The van der Waals surface area contributed by atoms with Gasteiger partial charge in [0.1, 0.15) is 15.6 Å². The molecule has 1 aliphatic rings. The van der Waals surface area contributed by atoms with E-state index in [-0.39, 0.29) is 48.2 Å². The van der Waals surface area contributed by atoms with Gasteiger partial charge in [0.15, 0.2) is 17.0 Å². The zero-order valence-corrected chi connectivity index (χ0v) is 16.0. The number of aryl methyl sites for hydroxylation is 2. The highest BCUT2D eigenvalue weighted by Crippen LogP contribution is 2.37. The van der Waals surface area contributed by atoms with E-state index in [2.05, 4.69) is 44.4 Å². The molecule has 4 aromatic rings. The Morgan fingerprint density at radius 1 is 1.24 bits per heavy atom. The second-order valence-electron chi connectivity index (χ2n) is 7.26. The van der Waals surface area contributed by atoms with Crippen LogP contribution in [0.5, 0.6) is 0 Å². The van der Waals surface area contributed by atoms with Crippen molar-refractivity contribution >= 4 is 11.2 Å². The Kier molecular flexibility index (Phi) is 3.72. The zero-order chi connectivity index (χ0) is 21.7. The summed E-state index contributed by atoms with van der Waals surface area (Å²) in [5.41, 5.74) is 2.07. The van der Waals surface area contributed by atoms with Crippen molar-refractivity contribution in [3.05, 3.63) is 70.1 Å². The molecular weight excluding hydrogens is 372 g/mol. The van der Waals surface area contributed by atoms with Gasteiger partial charge in [0.05, 0.1) is 19.0 Å². The first-order valence-electron chi connectivity index (χ1n) is 10.3. The minimum atomic E-state index is -0.480. The molecule has 1 aromatic carbocycles. The van der Waals surface area contributed by atoms with Gasteiger partial charge in [0.2, 0.25) is 5.89 Å². The van der Waals surface area contributed by atoms with Gasteiger partial charge in [-0.2, -0.15) is 4.98 Å². The molecule has 1 fully saturated rings. The van der Waals surface area contributed by atoms with Crippen LogP contribution >= 0.6 is 0 Å². The van der Waals surface area contributed by atoms with Crippen molar-refractivity contribution in [2.75, 3.05) is 6.61 Å². The average molecular weight is 394 g/mol. The minimum Gasteiger partial charge on any atom is -0.373 e. The van der Waals surface area contributed by atoms with Crippen molar-refractivity contribution in [1.29, 1.82) is 0 Å². The topological polar surface area (TPSA) is 101 Å². The van der Waals surface area contributed by atoms with Crippen molar-refractivity contribution in [2.45, 2.75) is 31.9 Å². The SMILES string of the molecule is [2H]c1nc2nc([2H])n(C)c2c(=O)n1Cc1nc([C@@H]2CO[C@@H](c3ccc(C)cc3)C2)no1. The van der Waals surface area contributed by atoms with Crippen molar-refractivity contribution in [3.8, 4) is 0 Å². The number of hydrogen-bond acceptors (Lipinski definition) is 7. The van der Waals surface area contributed by atoms with Crippen LogP contribution in [0.15, 0.2) is 46.2 Å². The molecule has 1 saturated heterocycles. The van der Waals surface area contributed by atoms with Crippen LogP contribution in [0.2, 0.25) is 0 Å². The third-order valence-electron chi connectivity index (χ3n) is 5.17. The highest BCUT2D eigenvalue weighted by molar-refractivity contribution is 5.68. The maximum Gasteiger partial charge on any atom is 0.280 e. The van der Waals surface area contributed by atoms with E-state index >= 15 is 0 Å². The summed E-state index contributed by atoms with van der Waals surface area (Å²) in [6.45, 7) is 2.45. The van der Waals surface area contributed by atoms with Gasteiger partial charge in [0.25, 0.3) is 5.56 Å². The number of hydrogen-bond donors (Lipinski definition) is 0. The summed E-state index contributed by atoms with van der Waals surface area (Å²) in [5, 5.41) is 4.07. The molecule has 148 valence electrons. The molecule has 0 saturated carbocycles. The van der Waals surface area contributed by atoms with Gasteiger partial charge in [-0.3, -0.25) is 9.36 Å². The monoisotopic (exact) mass is 394 g/mol. The molecule has 9 heteroatoms. The lowest BCUT2D eigenvalue weighted by Gasteiger charge is -2.09. The normalized spacial score (nSPS) is 20.2. The predicted octanol–water partition coefficient (Wildman–Crippen LogP) is 2.11. The molecule has 0 aliphatic carbocycles. The molecule has 0 radical (unpaired) electrons. The second kappa shape index (κ2) is 6.93. The number of fused-ring (bicyclic) bond motifs is 1. The fourth-order valence-corrected chi connectivity index (χ4v) is 3.53. The molecule has 0 bridgehead atoms. The summed E-state index contributed by atoms with van der Waals surface area (Å²) in [6, 6.07) is 8.25. The number of aromatic nitrogens is 6. The van der Waals surface area contributed by atoms with Crippen LogP contribution in [0.3, 0.4) is 0 Å². The number of benzene rings is 1. The molecule has 3 aromatic heterocycles. The fourth-order valence-electron chi connectivity index (χ4n) is 3.53. The highest BCUT2D eigenvalue weighted by atomic mass is 16.5. The first-order valence-corrected chi connectivity index (χ1v) is 9.32. The van der Waals surface area contributed by atoms with Gasteiger partial charge in [0, 0.05) is 13.0 Å². The molecule has 1 aliphatic heterocycles. The van der Waals surface area contributed by atoms with Gasteiger partial charge in [-0.15, -0.1) is 0 Å². The van der Waals surface area contributed by atoms with Crippen molar-refractivity contribution < 1.29 is 12.0 Å². The van der Waals surface area contributed by atoms with E-state index in [0.29, 0.717) is 12.4 Å². The van der Waals surface area contributed by atoms with Crippen molar-refractivity contribution in [2.24, 2.45) is 7.05 Å². The first kappa shape index (κ1) is 15.6. The molecule has 4 heterocycles. The predicted molar refractivity (Wildman–Crippen MR) is 103 cm³/mol. The minimum absolute atomic E-state index is 0.0143. The van der Waals surface area contributed by atoms with Crippen molar-refractivity contribution in [3.63, 3.8) is 0 Å². The Hall–Kier alpha value is -3.33. The lowest BCUT2D eigenvalue weighted by Crippen LogP contribution is -2.22. The van der Waals surface area contributed by atoms with Crippen LogP contribution in [-0.2, 0) is 18.3 Å². The van der Waals surface area contributed by atoms with E-state index in [4.69, 9.17) is 12.0 Å². The van der Waals surface area contributed by atoms with Crippen LogP contribution < -0.4 is 5.56 Å². The summed E-state index contributed by atoms with van der Waals surface area (Å²) in [4.78, 5) is 25.2. The molecule has 0 unspecified atom stereocenters. The number of rotatable bonds is 4. The Balaban J connectivity index is 1.37.